The highest BCUT2D eigenvalue weighted by atomic mass is 32.2. The summed E-state index contributed by atoms with van der Waals surface area (Å²) in [4.78, 5) is 38.4. The molecule has 1 N–H and O–H groups in total. The molecule has 2 heterocycles. The van der Waals surface area contributed by atoms with E-state index < -0.39 is 6.04 Å². The largest absolute Gasteiger partial charge is 0.324 e. The monoisotopic (exact) mass is 402 g/mol. The first-order valence-corrected chi connectivity index (χ1v) is 10.4. The molecule has 1 aliphatic heterocycles. The average Bonchev–Trinajstić information content (AvgIpc) is 3.28. The number of hydrogen-bond donors (Lipinski definition) is 1. The molecule has 9 heteroatoms. The molecule has 0 spiro atoms. The zero-order valence-electron chi connectivity index (χ0n) is 14.7. The molecule has 1 aromatic carbocycles. The van der Waals surface area contributed by atoms with Gasteiger partial charge >= 0.3 is 4.87 Å². The van der Waals surface area contributed by atoms with Crippen LogP contribution in [0, 0.1) is 18.3 Å². The quantitative estimate of drug-likeness (QED) is 0.826. The minimum absolute atomic E-state index is 0.0776. The molecule has 7 nitrogen and oxygen atoms in total. The lowest BCUT2D eigenvalue weighted by atomic mass is 10.2. The summed E-state index contributed by atoms with van der Waals surface area (Å²) < 4.78 is 1.58. The normalized spacial score (nSPS) is 16.1. The van der Waals surface area contributed by atoms with Gasteiger partial charge in [-0.15, -0.1) is 11.8 Å². The number of anilines is 1. The Kier molecular flexibility index (Phi) is 5.98. The average molecular weight is 403 g/mol. The number of thiazole rings is 1. The molecule has 0 radical (unpaired) electrons. The third kappa shape index (κ3) is 4.40. The van der Waals surface area contributed by atoms with Gasteiger partial charge < -0.3 is 14.8 Å². The van der Waals surface area contributed by atoms with Gasteiger partial charge in [-0.3, -0.25) is 14.4 Å². The molecule has 2 amide bonds. The first-order chi connectivity index (χ1) is 13.0. The molecule has 0 saturated carbocycles. The number of thioether (sulfide) groups is 1. The fourth-order valence-electron chi connectivity index (χ4n) is 2.78. The molecule has 1 saturated heterocycles. The fourth-order valence-corrected chi connectivity index (χ4v) is 4.73. The highest BCUT2D eigenvalue weighted by Crippen LogP contribution is 2.23. The Balaban J connectivity index is 1.61. The number of rotatable bonds is 5. The lowest BCUT2D eigenvalue weighted by Crippen LogP contribution is -2.44. The molecule has 1 fully saturated rings. The predicted molar refractivity (Wildman–Crippen MR) is 106 cm³/mol. The lowest BCUT2D eigenvalue weighted by Gasteiger charge is -2.23. The van der Waals surface area contributed by atoms with Crippen molar-refractivity contribution in [1.29, 1.82) is 5.26 Å². The van der Waals surface area contributed by atoms with Crippen molar-refractivity contribution in [3.05, 3.63) is 50.6 Å². The smallest absolute Gasteiger partial charge is 0.307 e. The van der Waals surface area contributed by atoms with Crippen molar-refractivity contribution in [3.63, 3.8) is 0 Å². The number of hydrogen-bond acceptors (Lipinski definition) is 6. The van der Waals surface area contributed by atoms with E-state index in [1.165, 1.54) is 11.8 Å². The van der Waals surface area contributed by atoms with Crippen LogP contribution in [0.15, 0.2) is 34.4 Å². The SMILES string of the molecule is Cc1csc(=O)n1CCC(=O)N1CSCC1C(=O)Nc1ccc(C#N)cc1. The van der Waals surface area contributed by atoms with Crippen molar-refractivity contribution in [2.45, 2.75) is 25.9 Å². The van der Waals surface area contributed by atoms with Gasteiger partial charge in [-0.1, -0.05) is 11.3 Å². The Bertz CT molecular complexity index is 943. The van der Waals surface area contributed by atoms with Gasteiger partial charge in [0.25, 0.3) is 0 Å². The van der Waals surface area contributed by atoms with Crippen LogP contribution in [-0.2, 0) is 16.1 Å². The topological polar surface area (TPSA) is 95.2 Å². The molecule has 3 rings (SSSR count). The third-order valence-electron chi connectivity index (χ3n) is 4.31. The number of aromatic nitrogens is 1. The van der Waals surface area contributed by atoms with Crippen LogP contribution in [0.3, 0.4) is 0 Å². The highest BCUT2D eigenvalue weighted by Gasteiger charge is 2.34. The summed E-state index contributed by atoms with van der Waals surface area (Å²) in [6.45, 7) is 2.15. The number of carbonyl (C=O) groups excluding carboxylic acids is 2. The summed E-state index contributed by atoms with van der Waals surface area (Å²) in [7, 11) is 0. The van der Waals surface area contributed by atoms with Gasteiger partial charge in [-0.2, -0.15) is 5.26 Å². The van der Waals surface area contributed by atoms with Crippen LogP contribution in [0.2, 0.25) is 0 Å². The van der Waals surface area contributed by atoms with Crippen molar-refractivity contribution in [2.24, 2.45) is 0 Å². The van der Waals surface area contributed by atoms with Crippen molar-refractivity contribution < 1.29 is 9.59 Å². The molecule has 1 unspecified atom stereocenters. The van der Waals surface area contributed by atoms with E-state index in [0.29, 0.717) is 29.4 Å². The standard InChI is InChI=1S/C18H18N4O3S2/c1-12-9-27-18(25)21(12)7-6-16(23)22-11-26-10-15(22)17(24)20-14-4-2-13(8-19)3-5-14/h2-5,9,15H,6-7,10-11H2,1H3,(H,20,24). The summed E-state index contributed by atoms with van der Waals surface area (Å²) in [6, 6.07) is 8.06. The van der Waals surface area contributed by atoms with Crippen LogP contribution >= 0.6 is 23.1 Å². The molecule has 1 atom stereocenters. The van der Waals surface area contributed by atoms with Gasteiger partial charge in [0.15, 0.2) is 0 Å². The Morgan fingerprint density at radius 2 is 2.07 bits per heavy atom. The second-order valence-electron chi connectivity index (χ2n) is 6.10. The molecular formula is C18H18N4O3S2. The number of nitriles is 1. The van der Waals surface area contributed by atoms with Crippen molar-refractivity contribution in [1.82, 2.24) is 9.47 Å². The highest BCUT2D eigenvalue weighted by molar-refractivity contribution is 7.99. The third-order valence-corrected chi connectivity index (χ3v) is 6.21. The fraction of sp³-hybridized carbons (Fsp3) is 0.333. The Hall–Kier alpha value is -2.57. The second-order valence-corrected chi connectivity index (χ2v) is 7.92. The minimum atomic E-state index is -0.543. The maximum absolute atomic E-state index is 12.6. The van der Waals surface area contributed by atoms with Gasteiger partial charge in [0.05, 0.1) is 17.5 Å². The summed E-state index contributed by atoms with van der Waals surface area (Å²) in [5.41, 5.74) is 1.94. The van der Waals surface area contributed by atoms with E-state index in [4.69, 9.17) is 5.26 Å². The Morgan fingerprint density at radius 1 is 1.33 bits per heavy atom. The second kappa shape index (κ2) is 8.41. The molecule has 1 aliphatic rings. The maximum Gasteiger partial charge on any atom is 0.307 e. The van der Waals surface area contributed by atoms with E-state index in [9.17, 15) is 14.4 Å². The molecule has 27 heavy (non-hydrogen) atoms. The van der Waals surface area contributed by atoms with E-state index in [1.54, 1.807) is 39.1 Å². The van der Waals surface area contributed by atoms with E-state index in [2.05, 4.69) is 5.32 Å². The van der Waals surface area contributed by atoms with E-state index in [-0.39, 0.29) is 23.1 Å². The number of amides is 2. The van der Waals surface area contributed by atoms with Crippen molar-refractivity contribution in [2.75, 3.05) is 16.9 Å². The van der Waals surface area contributed by atoms with E-state index in [0.717, 1.165) is 17.0 Å². The molecule has 0 bridgehead atoms. The van der Waals surface area contributed by atoms with Crippen LogP contribution in [0.5, 0.6) is 0 Å². The van der Waals surface area contributed by atoms with Crippen LogP contribution in [0.25, 0.3) is 0 Å². The van der Waals surface area contributed by atoms with E-state index in [1.807, 2.05) is 13.0 Å². The first-order valence-electron chi connectivity index (χ1n) is 8.33. The molecule has 2 aromatic rings. The summed E-state index contributed by atoms with van der Waals surface area (Å²) in [6.07, 6.45) is 0.179. The predicted octanol–water partition coefficient (Wildman–Crippen LogP) is 2.02. The number of carbonyl (C=O) groups is 2. The maximum atomic E-state index is 12.6. The first kappa shape index (κ1) is 19.2. The molecule has 140 valence electrons. The van der Waals surface area contributed by atoms with Gasteiger partial charge in [-0.25, -0.2) is 0 Å². The van der Waals surface area contributed by atoms with E-state index >= 15 is 0 Å². The number of nitrogens with one attached hydrogen (secondary N) is 1. The Labute approximate surface area is 164 Å². The summed E-state index contributed by atoms with van der Waals surface area (Å²) in [5, 5.41) is 13.4. The Morgan fingerprint density at radius 3 is 2.70 bits per heavy atom. The van der Waals surface area contributed by atoms with Crippen LogP contribution < -0.4 is 10.2 Å². The minimum Gasteiger partial charge on any atom is -0.324 e. The van der Waals surface area contributed by atoms with Gasteiger partial charge in [-0.05, 0) is 31.2 Å². The van der Waals surface area contributed by atoms with Crippen LogP contribution in [0.4, 0.5) is 5.69 Å². The van der Waals surface area contributed by atoms with Gasteiger partial charge in [0.2, 0.25) is 11.8 Å². The molecular weight excluding hydrogens is 384 g/mol. The molecule has 0 aliphatic carbocycles. The van der Waals surface area contributed by atoms with Gasteiger partial charge in [0.1, 0.15) is 6.04 Å². The van der Waals surface area contributed by atoms with Crippen LogP contribution in [-0.4, -0.2) is 39.0 Å². The zero-order chi connectivity index (χ0) is 19.4. The van der Waals surface area contributed by atoms with Gasteiger partial charge in [0, 0.05) is 35.5 Å². The van der Waals surface area contributed by atoms with Crippen LogP contribution in [0.1, 0.15) is 17.7 Å². The zero-order valence-corrected chi connectivity index (χ0v) is 16.3. The summed E-state index contributed by atoms with van der Waals surface area (Å²) >= 11 is 2.65. The number of aryl methyl sites for hydroxylation is 1. The van der Waals surface area contributed by atoms with Crippen molar-refractivity contribution in [3.8, 4) is 6.07 Å². The molecule has 1 aromatic heterocycles. The summed E-state index contributed by atoms with van der Waals surface area (Å²) in [5.74, 6) is 0.604. The number of benzene rings is 1. The van der Waals surface area contributed by atoms with Crippen molar-refractivity contribution >= 4 is 40.6 Å². The lowest BCUT2D eigenvalue weighted by molar-refractivity contribution is -0.136. The number of nitrogens with zero attached hydrogens (tertiary/aromatic N) is 3.